The van der Waals surface area contributed by atoms with Gasteiger partial charge in [0.2, 0.25) is 11.8 Å². The Morgan fingerprint density at radius 2 is 2.05 bits per heavy atom. The molecule has 0 spiro atoms. The van der Waals surface area contributed by atoms with Gasteiger partial charge in [-0.1, -0.05) is 30.3 Å². The van der Waals surface area contributed by atoms with Crippen molar-refractivity contribution in [2.45, 2.75) is 31.3 Å². The Morgan fingerprint density at radius 1 is 1.38 bits per heavy atom. The number of carbonyl (C=O) groups excluding carboxylic acids is 2. The third-order valence-corrected chi connectivity index (χ3v) is 3.69. The predicted octanol–water partition coefficient (Wildman–Crippen LogP) is 0.419. The third-order valence-electron chi connectivity index (χ3n) is 3.69. The van der Waals surface area contributed by atoms with Crippen molar-refractivity contribution in [1.82, 2.24) is 10.2 Å². The standard InChI is InChI=1S/C15H18N2O4/c1-17-12(7-8-13(17)18)14(19)16-11(15(20)21)9-10-5-3-2-4-6-10/h2-6,11-12H,7-9H2,1H3,(H,16,19)(H,20,21)/t11-,12?/m1/s1. The molecule has 6 nitrogen and oxygen atoms in total. The number of likely N-dealkylation sites (tertiary alicyclic amines) is 1. The van der Waals surface area contributed by atoms with E-state index in [2.05, 4.69) is 5.32 Å². The SMILES string of the molecule is CN1C(=O)CCC1C(=O)N[C@H](Cc1ccccc1)C(=O)O. The van der Waals surface area contributed by atoms with Crippen LogP contribution in [-0.2, 0) is 20.8 Å². The zero-order valence-corrected chi connectivity index (χ0v) is 11.8. The van der Waals surface area contributed by atoms with Crippen LogP contribution in [-0.4, -0.2) is 46.9 Å². The monoisotopic (exact) mass is 290 g/mol. The highest BCUT2D eigenvalue weighted by Gasteiger charge is 2.35. The third kappa shape index (κ3) is 3.59. The molecule has 2 amide bonds. The number of carboxylic acid groups (broad SMARTS) is 1. The van der Waals surface area contributed by atoms with Gasteiger partial charge < -0.3 is 15.3 Å². The minimum absolute atomic E-state index is 0.0925. The molecule has 0 radical (unpaired) electrons. The van der Waals surface area contributed by atoms with Gasteiger partial charge in [0.05, 0.1) is 0 Å². The van der Waals surface area contributed by atoms with E-state index in [9.17, 15) is 19.5 Å². The number of likely N-dealkylation sites (N-methyl/N-ethyl adjacent to an activating group) is 1. The van der Waals surface area contributed by atoms with E-state index in [0.29, 0.717) is 12.8 Å². The first-order valence-corrected chi connectivity index (χ1v) is 6.82. The number of hydrogen-bond donors (Lipinski definition) is 2. The van der Waals surface area contributed by atoms with Crippen LogP contribution in [0.25, 0.3) is 0 Å². The molecule has 2 atom stereocenters. The van der Waals surface area contributed by atoms with Gasteiger partial charge in [-0.05, 0) is 12.0 Å². The Balaban J connectivity index is 2.01. The fourth-order valence-electron chi connectivity index (χ4n) is 2.43. The first kappa shape index (κ1) is 15.0. The van der Waals surface area contributed by atoms with E-state index in [1.165, 1.54) is 4.90 Å². The van der Waals surface area contributed by atoms with Gasteiger partial charge in [-0.2, -0.15) is 0 Å². The summed E-state index contributed by atoms with van der Waals surface area (Å²) in [5, 5.41) is 11.8. The lowest BCUT2D eigenvalue weighted by Gasteiger charge is -2.22. The molecule has 1 aliphatic heterocycles. The molecule has 21 heavy (non-hydrogen) atoms. The predicted molar refractivity (Wildman–Crippen MR) is 75.5 cm³/mol. The van der Waals surface area contributed by atoms with Crippen molar-refractivity contribution < 1.29 is 19.5 Å². The van der Waals surface area contributed by atoms with Crippen LogP contribution in [0.1, 0.15) is 18.4 Å². The number of nitrogens with one attached hydrogen (secondary N) is 1. The molecule has 1 aliphatic rings. The lowest BCUT2D eigenvalue weighted by molar-refractivity contribution is -0.142. The van der Waals surface area contributed by atoms with E-state index in [1.54, 1.807) is 7.05 Å². The first-order chi connectivity index (χ1) is 9.99. The second-order valence-corrected chi connectivity index (χ2v) is 5.15. The Labute approximate surface area is 122 Å². The Morgan fingerprint density at radius 3 is 2.57 bits per heavy atom. The highest BCUT2D eigenvalue weighted by Crippen LogP contribution is 2.16. The van der Waals surface area contributed by atoms with Crippen LogP contribution in [0.2, 0.25) is 0 Å². The second kappa shape index (κ2) is 6.39. The van der Waals surface area contributed by atoms with Crippen LogP contribution < -0.4 is 5.32 Å². The molecule has 112 valence electrons. The zero-order chi connectivity index (χ0) is 15.4. The maximum Gasteiger partial charge on any atom is 0.326 e. The number of hydrogen-bond acceptors (Lipinski definition) is 3. The minimum atomic E-state index is -1.08. The molecule has 1 aromatic rings. The van der Waals surface area contributed by atoms with Gasteiger partial charge in [0.15, 0.2) is 0 Å². The average molecular weight is 290 g/mol. The number of amides is 2. The number of nitrogens with zero attached hydrogens (tertiary/aromatic N) is 1. The lowest BCUT2D eigenvalue weighted by Crippen LogP contribution is -2.50. The molecule has 6 heteroatoms. The molecule has 1 unspecified atom stereocenters. The fraction of sp³-hybridized carbons (Fsp3) is 0.400. The van der Waals surface area contributed by atoms with E-state index in [0.717, 1.165) is 5.56 Å². The quantitative estimate of drug-likeness (QED) is 0.823. The maximum absolute atomic E-state index is 12.1. The van der Waals surface area contributed by atoms with Crippen LogP contribution in [0.15, 0.2) is 30.3 Å². The molecular weight excluding hydrogens is 272 g/mol. The molecule has 0 aliphatic carbocycles. The second-order valence-electron chi connectivity index (χ2n) is 5.15. The van der Waals surface area contributed by atoms with Gasteiger partial charge in [0.25, 0.3) is 0 Å². The van der Waals surface area contributed by atoms with Crippen molar-refractivity contribution in [1.29, 1.82) is 0 Å². The average Bonchev–Trinajstić information content (AvgIpc) is 2.79. The minimum Gasteiger partial charge on any atom is -0.480 e. The molecule has 2 N–H and O–H groups in total. The largest absolute Gasteiger partial charge is 0.480 e. The summed E-state index contributed by atoms with van der Waals surface area (Å²) < 4.78 is 0. The number of aliphatic carboxylic acids is 1. The van der Waals surface area contributed by atoms with Crippen molar-refractivity contribution in [3.05, 3.63) is 35.9 Å². The summed E-state index contributed by atoms with van der Waals surface area (Å²) in [5.74, 6) is -1.59. The molecule has 0 bridgehead atoms. The van der Waals surface area contributed by atoms with E-state index < -0.39 is 24.0 Å². The van der Waals surface area contributed by atoms with E-state index in [-0.39, 0.29) is 12.3 Å². The van der Waals surface area contributed by atoms with Gasteiger partial charge in [-0.15, -0.1) is 0 Å². The van der Waals surface area contributed by atoms with Gasteiger partial charge in [0.1, 0.15) is 12.1 Å². The van der Waals surface area contributed by atoms with Crippen LogP contribution >= 0.6 is 0 Å². The number of carboxylic acids is 1. The number of carbonyl (C=O) groups is 3. The summed E-state index contributed by atoms with van der Waals surface area (Å²) in [6.45, 7) is 0. The van der Waals surface area contributed by atoms with Crippen LogP contribution in [0.4, 0.5) is 0 Å². The summed E-state index contributed by atoms with van der Waals surface area (Å²) in [5.41, 5.74) is 0.834. The molecule has 1 fully saturated rings. The van der Waals surface area contributed by atoms with Gasteiger partial charge in [0, 0.05) is 19.9 Å². The van der Waals surface area contributed by atoms with E-state index in [4.69, 9.17) is 0 Å². The molecule has 1 saturated heterocycles. The number of benzene rings is 1. The Hall–Kier alpha value is -2.37. The fourth-order valence-corrected chi connectivity index (χ4v) is 2.43. The smallest absolute Gasteiger partial charge is 0.326 e. The zero-order valence-electron chi connectivity index (χ0n) is 11.8. The van der Waals surface area contributed by atoms with Crippen molar-refractivity contribution >= 4 is 17.8 Å². The molecule has 1 heterocycles. The van der Waals surface area contributed by atoms with Gasteiger partial charge >= 0.3 is 5.97 Å². The molecule has 0 aromatic heterocycles. The molecule has 0 saturated carbocycles. The summed E-state index contributed by atoms with van der Waals surface area (Å²) in [6.07, 6.45) is 0.968. The normalized spacial score (nSPS) is 19.4. The van der Waals surface area contributed by atoms with Crippen molar-refractivity contribution in [2.24, 2.45) is 0 Å². The Bertz CT molecular complexity index is 544. The summed E-state index contributed by atoms with van der Waals surface area (Å²) in [4.78, 5) is 36.2. The topological polar surface area (TPSA) is 86.7 Å². The first-order valence-electron chi connectivity index (χ1n) is 6.82. The summed E-state index contributed by atoms with van der Waals surface area (Å²) in [6, 6.07) is 7.54. The maximum atomic E-state index is 12.1. The van der Waals surface area contributed by atoms with Crippen molar-refractivity contribution in [3.63, 3.8) is 0 Å². The number of rotatable bonds is 5. The van der Waals surface area contributed by atoms with E-state index >= 15 is 0 Å². The lowest BCUT2D eigenvalue weighted by atomic mass is 10.1. The Kier molecular flexibility index (Phi) is 4.57. The van der Waals surface area contributed by atoms with Gasteiger partial charge in [-0.3, -0.25) is 9.59 Å². The summed E-state index contributed by atoms with van der Waals surface area (Å²) in [7, 11) is 1.56. The van der Waals surface area contributed by atoms with Crippen LogP contribution in [0.5, 0.6) is 0 Å². The summed E-state index contributed by atoms with van der Waals surface area (Å²) >= 11 is 0. The van der Waals surface area contributed by atoms with E-state index in [1.807, 2.05) is 30.3 Å². The highest BCUT2D eigenvalue weighted by molar-refractivity contribution is 5.92. The van der Waals surface area contributed by atoms with Crippen molar-refractivity contribution in [2.75, 3.05) is 7.05 Å². The van der Waals surface area contributed by atoms with Crippen LogP contribution in [0.3, 0.4) is 0 Å². The van der Waals surface area contributed by atoms with Gasteiger partial charge in [-0.25, -0.2) is 4.79 Å². The van der Waals surface area contributed by atoms with Crippen molar-refractivity contribution in [3.8, 4) is 0 Å². The molecule has 2 rings (SSSR count). The molecular formula is C15H18N2O4. The highest BCUT2D eigenvalue weighted by atomic mass is 16.4. The molecule has 1 aromatic carbocycles. The van der Waals surface area contributed by atoms with Crippen LogP contribution in [0, 0.1) is 0 Å².